The maximum absolute atomic E-state index is 13.4. The third kappa shape index (κ3) is 4.28. The molecule has 0 unspecified atom stereocenters. The molecule has 0 aliphatic rings. The van der Waals surface area contributed by atoms with Gasteiger partial charge < -0.3 is 5.32 Å². The molecule has 108 valence electrons. The van der Waals surface area contributed by atoms with Crippen molar-refractivity contribution in [3.05, 3.63) is 46.8 Å². The van der Waals surface area contributed by atoms with Crippen LogP contribution in [0.5, 0.6) is 0 Å². The van der Waals surface area contributed by atoms with Crippen LogP contribution in [0.4, 0.5) is 13.8 Å². The van der Waals surface area contributed by atoms with Gasteiger partial charge in [0.05, 0.1) is 5.56 Å². The van der Waals surface area contributed by atoms with Crippen molar-refractivity contribution < 1.29 is 13.6 Å². The zero-order valence-corrected chi connectivity index (χ0v) is 12.4. The first-order valence-corrected chi connectivity index (χ1v) is 7.82. The number of carbonyl (C=O) groups is 1. The van der Waals surface area contributed by atoms with E-state index < -0.39 is 11.6 Å². The summed E-state index contributed by atoms with van der Waals surface area (Å²) >= 11 is 2.42. The molecule has 0 bridgehead atoms. The van der Waals surface area contributed by atoms with Crippen LogP contribution in [0, 0.1) is 23.0 Å². The fourth-order valence-corrected chi connectivity index (χ4v) is 3.15. The number of benzene rings is 1. The van der Waals surface area contributed by atoms with Gasteiger partial charge in [0.2, 0.25) is 5.91 Å². The van der Waals surface area contributed by atoms with Gasteiger partial charge in [0.1, 0.15) is 22.7 Å². The van der Waals surface area contributed by atoms with Crippen LogP contribution in [0.3, 0.4) is 0 Å². The number of carbonyl (C=O) groups excluding carboxylic acids is 1. The second kappa shape index (κ2) is 7.20. The van der Waals surface area contributed by atoms with E-state index in [9.17, 15) is 13.6 Å². The van der Waals surface area contributed by atoms with Gasteiger partial charge in [-0.05, 0) is 23.6 Å². The number of thiophene rings is 1. The summed E-state index contributed by atoms with van der Waals surface area (Å²) in [4.78, 5) is 12.0. The van der Waals surface area contributed by atoms with Gasteiger partial charge in [0, 0.05) is 23.1 Å². The van der Waals surface area contributed by atoms with E-state index in [1.54, 1.807) is 11.4 Å². The number of thioether (sulfide) groups is 1. The predicted octanol–water partition coefficient (Wildman–Crippen LogP) is 4.02. The quantitative estimate of drug-likeness (QED) is 0.845. The maximum atomic E-state index is 13.4. The normalized spacial score (nSPS) is 10.1. The highest BCUT2D eigenvalue weighted by molar-refractivity contribution is 7.99. The van der Waals surface area contributed by atoms with Crippen molar-refractivity contribution in [1.82, 2.24) is 0 Å². The van der Waals surface area contributed by atoms with E-state index in [0.717, 1.165) is 17.8 Å². The molecule has 0 aliphatic heterocycles. The Bertz CT molecular complexity index is 695. The summed E-state index contributed by atoms with van der Waals surface area (Å²) in [6.45, 7) is 0. The monoisotopic (exact) mass is 324 g/mol. The summed E-state index contributed by atoms with van der Waals surface area (Å²) < 4.78 is 26.1. The highest BCUT2D eigenvalue weighted by Crippen LogP contribution is 2.24. The standard InChI is InChI=1S/C14H10F2N2OS2/c15-10-1-2-12(11(16)7-10)20-6-4-13(19)18-14-9(8-17)3-5-21-14/h1-3,5,7H,4,6H2,(H,18,19). The van der Waals surface area contributed by atoms with Crippen molar-refractivity contribution in [2.75, 3.05) is 11.1 Å². The van der Waals surface area contributed by atoms with Crippen molar-refractivity contribution in [3.8, 4) is 6.07 Å². The van der Waals surface area contributed by atoms with E-state index in [1.165, 1.54) is 23.5 Å². The van der Waals surface area contributed by atoms with Crippen LogP contribution in [-0.2, 0) is 4.79 Å². The Kier molecular flexibility index (Phi) is 5.31. The number of hydrogen-bond acceptors (Lipinski definition) is 4. The van der Waals surface area contributed by atoms with Gasteiger partial charge in [-0.1, -0.05) is 0 Å². The summed E-state index contributed by atoms with van der Waals surface area (Å²) in [5.74, 6) is -1.15. The zero-order valence-electron chi connectivity index (χ0n) is 10.7. The molecule has 3 nitrogen and oxygen atoms in total. The Morgan fingerprint density at radius 3 is 2.90 bits per heavy atom. The lowest BCUT2D eigenvalue weighted by Crippen LogP contribution is -2.11. The molecule has 0 spiro atoms. The third-order valence-corrected chi connectivity index (χ3v) is 4.40. The number of rotatable bonds is 5. The maximum Gasteiger partial charge on any atom is 0.225 e. The number of hydrogen-bond donors (Lipinski definition) is 1. The Morgan fingerprint density at radius 1 is 1.38 bits per heavy atom. The third-order valence-electron chi connectivity index (χ3n) is 2.52. The lowest BCUT2D eigenvalue weighted by atomic mass is 10.3. The van der Waals surface area contributed by atoms with Crippen LogP contribution in [0.2, 0.25) is 0 Å². The average Bonchev–Trinajstić information content (AvgIpc) is 2.88. The van der Waals surface area contributed by atoms with Gasteiger partial charge in [0.25, 0.3) is 0 Å². The van der Waals surface area contributed by atoms with Crippen LogP contribution < -0.4 is 5.32 Å². The van der Waals surface area contributed by atoms with Gasteiger partial charge in [-0.25, -0.2) is 8.78 Å². The van der Waals surface area contributed by atoms with E-state index in [1.807, 2.05) is 6.07 Å². The lowest BCUT2D eigenvalue weighted by molar-refractivity contribution is -0.115. The van der Waals surface area contributed by atoms with Gasteiger partial charge >= 0.3 is 0 Å². The first-order chi connectivity index (χ1) is 10.1. The molecule has 1 aromatic carbocycles. The SMILES string of the molecule is N#Cc1ccsc1NC(=O)CCSc1ccc(F)cc1F. The van der Waals surface area contributed by atoms with E-state index in [4.69, 9.17) is 5.26 Å². The van der Waals surface area contributed by atoms with E-state index in [2.05, 4.69) is 5.32 Å². The summed E-state index contributed by atoms with van der Waals surface area (Å²) in [5, 5.41) is 13.7. The predicted molar refractivity (Wildman–Crippen MR) is 79.4 cm³/mol. The average molecular weight is 324 g/mol. The van der Waals surface area contributed by atoms with E-state index >= 15 is 0 Å². The Morgan fingerprint density at radius 2 is 2.19 bits per heavy atom. The summed E-state index contributed by atoms with van der Waals surface area (Å²) in [6.07, 6.45) is 0.171. The largest absolute Gasteiger partial charge is 0.317 e. The van der Waals surface area contributed by atoms with Crippen LogP contribution in [0.25, 0.3) is 0 Å². The van der Waals surface area contributed by atoms with Crippen molar-refractivity contribution in [3.63, 3.8) is 0 Å². The first-order valence-electron chi connectivity index (χ1n) is 5.95. The van der Waals surface area contributed by atoms with Crippen LogP contribution in [-0.4, -0.2) is 11.7 Å². The van der Waals surface area contributed by atoms with Crippen molar-refractivity contribution in [2.45, 2.75) is 11.3 Å². The molecule has 1 N–H and O–H groups in total. The molecular weight excluding hydrogens is 314 g/mol. The smallest absolute Gasteiger partial charge is 0.225 e. The summed E-state index contributed by atoms with van der Waals surface area (Å²) in [6, 6.07) is 6.95. The number of nitriles is 1. The molecule has 2 rings (SSSR count). The molecular formula is C14H10F2N2OS2. The minimum Gasteiger partial charge on any atom is -0.317 e. The minimum atomic E-state index is -0.634. The molecule has 2 aromatic rings. The van der Waals surface area contributed by atoms with Crippen molar-refractivity contribution in [1.29, 1.82) is 5.26 Å². The Labute approximate surface area is 128 Å². The highest BCUT2D eigenvalue weighted by Gasteiger charge is 2.09. The molecule has 1 heterocycles. The Hall–Kier alpha value is -1.91. The zero-order chi connectivity index (χ0) is 15.2. The highest BCUT2D eigenvalue weighted by atomic mass is 32.2. The molecule has 21 heavy (non-hydrogen) atoms. The van der Waals surface area contributed by atoms with Gasteiger partial charge in [0.15, 0.2) is 0 Å². The van der Waals surface area contributed by atoms with Gasteiger partial charge in [-0.3, -0.25) is 4.79 Å². The molecule has 1 aromatic heterocycles. The van der Waals surface area contributed by atoms with Crippen molar-refractivity contribution >= 4 is 34.0 Å². The summed E-state index contributed by atoms with van der Waals surface area (Å²) in [5.41, 5.74) is 0.422. The molecule has 0 saturated carbocycles. The number of halogens is 2. The first kappa shape index (κ1) is 15.5. The van der Waals surface area contributed by atoms with E-state index in [-0.39, 0.29) is 12.3 Å². The minimum absolute atomic E-state index is 0.171. The Balaban J connectivity index is 1.83. The summed E-state index contributed by atoms with van der Waals surface area (Å²) in [7, 11) is 0. The fourth-order valence-electron chi connectivity index (χ4n) is 1.53. The number of nitrogens with one attached hydrogen (secondary N) is 1. The van der Waals surface area contributed by atoms with E-state index in [0.29, 0.717) is 21.2 Å². The molecule has 7 heteroatoms. The van der Waals surface area contributed by atoms with Crippen LogP contribution >= 0.6 is 23.1 Å². The second-order valence-electron chi connectivity index (χ2n) is 4.00. The number of anilines is 1. The van der Waals surface area contributed by atoms with Gasteiger partial charge in [-0.2, -0.15) is 5.26 Å². The molecule has 0 saturated heterocycles. The number of nitrogens with zero attached hydrogens (tertiary/aromatic N) is 1. The topological polar surface area (TPSA) is 52.9 Å². The fraction of sp³-hybridized carbons (Fsp3) is 0.143. The van der Waals surface area contributed by atoms with Crippen LogP contribution in [0.1, 0.15) is 12.0 Å². The van der Waals surface area contributed by atoms with Crippen molar-refractivity contribution in [2.24, 2.45) is 0 Å². The second-order valence-corrected chi connectivity index (χ2v) is 6.05. The molecule has 0 aliphatic carbocycles. The lowest BCUT2D eigenvalue weighted by Gasteiger charge is -2.04. The molecule has 0 atom stereocenters. The number of amides is 1. The molecule has 0 fully saturated rings. The molecule has 1 amide bonds. The molecule has 0 radical (unpaired) electrons. The van der Waals surface area contributed by atoms with Gasteiger partial charge in [-0.15, -0.1) is 23.1 Å². The van der Waals surface area contributed by atoms with Crippen LogP contribution in [0.15, 0.2) is 34.5 Å².